The van der Waals surface area contributed by atoms with E-state index in [2.05, 4.69) is 31.2 Å². The largest absolute Gasteiger partial charge is 0.469 e. The first-order valence-electron chi connectivity index (χ1n) is 6.67. The number of esters is 1. The number of hydrogen-bond acceptors (Lipinski definition) is 2. The first-order chi connectivity index (χ1) is 8.53. The minimum atomic E-state index is -0.349. The molecule has 1 aromatic rings. The van der Waals surface area contributed by atoms with Crippen LogP contribution in [-0.4, -0.2) is 13.1 Å². The molecule has 1 rings (SSSR count). The fourth-order valence-electron chi connectivity index (χ4n) is 2.15. The lowest BCUT2D eigenvalue weighted by Crippen LogP contribution is -2.28. The maximum absolute atomic E-state index is 11.8. The highest BCUT2D eigenvalue weighted by Gasteiger charge is 2.32. The molecule has 0 amide bonds. The van der Waals surface area contributed by atoms with Crippen molar-refractivity contribution in [1.29, 1.82) is 0 Å². The molecule has 0 saturated carbocycles. The molecule has 0 fully saturated rings. The molecule has 2 unspecified atom stereocenters. The van der Waals surface area contributed by atoms with Crippen LogP contribution in [-0.2, 0) is 9.53 Å². The van der Waals surface area contributed by atoms with Crippen LogP contribution in [0.25, 0.3) is 0 Å². The smallest absolute Gasteiger partial charge is 0.311 e. The van der Waals surface area contributed by atoms with Crippen LogP contribution in [0.3, 0.4) is 0 Å². The minimum Gasteiger partial charge on any atom is -0.469 e. The Labute approximate surface area is 110 Å². The van der Waals surface area contributed by atoms with Gasteiger partial charge in [-0.3, -0.25) is 4.79 Å². The first kappa shape index (κ1) is 14.7. The van der Waals surface area contributed by atoms with Crippen LogP contribution in [0.15, 0.2) is 30.3 Å². The third kappa shape index (κ3) is 3.59. The zero-order chi connectivity index (χ0) is 13.6. The summed E-state index contributed by atoms with van der Waals surface area (Å²) >= 11 is 0. The topological polar surface area (TPSA) is 26.3 Å². The van der Waals surface area contributed by atoms with Crippen molar-refractivity contribution in [3.8, 4) is 0 Å². The average Bonchev–Trinajstić information content (AvgIpc) is 2.44. The van der Waals surface area contributed by atoms with E-state index in [1.54, 1.807) is 0 Å². The maximum atomic E-state index is 11.8. The number of rotatable bonds is 6. The molecular weight excluding hydrogens is 224 g/mol. The second kappa shape index (κ2) is 6.58. The second-order valence-electron chi connectivity index (χ2n) is 5.26. The van der Waals surface area contributed by atoms with Gasteiger partial charge < -0.3 is 4.74 Å². The summed E-state index contributed by atoms with van der Waals surface area (Å²) < 4.78 is 4.91. The van der Waals surface area contributed by atoms with Crippen molar-refractivity contribution in [3.05, 3.63) is 35.9 Å². The lowest BCUT2D eigenvalue weighted by Gasteiger charge is -2.26. The number of hydrogen-bond donors (Lipinski definition) is 0. The van der Waals surface area contributed by atoms with E-state index in [-0.39, 0.29) is 11.4 Å². The molecule has 1 aromatic carbocycles. The van der Waals surface area contributed by atoms with Crippen LogP contribution >= 0.6 is 0 Å². The van der Waals surface area contributed by atoms with Crippen LogP contribution in [0.5, 0.6) is 0 Å². The molecule has 2 heteroatoms. The molecule has 0 aliphatic rings. The Balaban J connectivity index is 2.61. The average molecular weight is 248 g/mol. The van der Waals surface area contributed by atoms with Crippen LogP contribution in [0.1, 0.15) is 51.5 Å². The molecule has 0 bridgehead atoms. The Morgan fingerprint density at radius 1 is 1.33 bits per heavy atom. The highest BCUT2D eigenvalue weighted by atomic mass is 16.5. The monoisotopic (exact) mass is 248 g/mol. The van der Waals surface area contributed by atoms with Crippen LogP contribution in [0.2, 0.25) is 0 Å². The number of ether oxygens (including phenoxy) is 1. The Morgan fingerprint density at radius 2 is 1.94 bits per heavy atom. The van der Waals surface area contributed by atoms with Gasteiger partial charge in [-0.15, -0.1) is 0 Å². The van der Waals surface area contributed by atoms with Crippen molar-refractivity contribution in [3.63, 3.8) is 0 Å². The van der Waals surface area contributed by atoms with Crippen LogP contribution < -0.4 is 0 Å². The summed E-state index contributed by atoms with van der Waals surface area (Å²) in [7, 11) is 1.47. The molecule has 0 heterocycles. The van der Waals surface area contributed by atoms with E-state index in [4.69, 9.17) is 4.74 Å². The Morgan fingerprint density at radius 3 is 2.44 bits per heavy atom. The SMILES string of the molecule is CCC(C)(CCC(C)c1ccccc1)C(=O)OC. The van der Waals surface area contributed by atoms with E-state index in [1.807, 2.05) is 19.9 Å². The van der Waals surface area contributed by atoms with Gasteiger partial charge in [0.25, 0.3) is 0 Å². The summed E-state index contributed by atoms with van der Waals surface area (Å²) in [5.41, 5.74) is 0.985. The Hall–Kier alpha value is -1.31. The lowest BCUT2D eigenvalue weighted by atomic mass is 9.80. The third-order valence-electron chi connectivity index (χ3n) is 3.96. The van der Waals surface area contributed by atoms with Gasteiger partial charge in [0.2, 0.25) is 0 Å². The summed E-state index contributed by atoms with van der Waals surface area (Å²) in [6.07, 6.45) is 2.69. The Bertz CT molecular complexity index is 372. The standard InChI is InChI=1S/C16H24O2/c1-5-16(3,15(17)18-4)12-11-13(2)14-9-7-6-8-10-14/h6-10,13H,5,11-12H2,1-4H3. The van der Waals surface area contributed by atoms with Crippen LogP contribution in [0, 0.1) is 5.41 Å². The molecule has 2 atom stereocenters. The van der Waals surface area contributed by atoms with Crippen LogP contribution in [0.4, 0.5) is 0 Å². The molecule has 2 nitrogen and oxygen atoms in total. The van der Waals surface area contributed by atoms with E-state index in [9.17, 15) is 4.79 Å². The van der Waals surface area contributed by atoms with Gasteiger partial charge in [-0.2, -0.15) is 0 Å². The quantitative estimate of drug-likeness (QED) is 0.707. The fourth-order valence-corrected chi connectivity index (χ4v) is 2.15. The molecule has 0 aromatic heterocycles. The first-order valence-corrected chi connectivity index (χ1v) is 6.67. The van der Waals surface area contributed by atoms with Gasteiger partial charge in [-0.1, -0.05) is 44.2 Å². The number of methoxy groups -OCH3 is 1. The summed E-state index contributed by atoms with van der Waals surface area (Å²) in [4.78, 5) is 11.8. The van der Waals surface area contributed by atoms with Crippen molar-refractivity contribution >= 4 is 5.97 Å². The predicted octanol–water partition coefficient (Wildman–Crippen LogP) is 4.16. The maximum Gasteiger partial charge on any atom is 0.311 e. The van der Waals surface area contributed by atoms with Gasteiger partial charge in [0.05, 0.1) is 12.5 Å². The van der Waals surface area contributed by atoms with Gasteiger partial charge in [0, 0.05) is 0 Å². The molecule has 0 aliphatic carbocycles. The minimum absolute atomic E-state index is 0.0924. The van der Waals surface area contributed by atoms with Crippen molar-refractivity contribution in [2.45, 2.75) is 46.0 Å². The van der Waals surface area contributed by atoms with Crippen molar-refractivity contribution < 1.29 is 9.53 Å². The van der Waals surface area contributed by atoms with Crippen molar-refractivity contribution in [1.82, 2.24) is 0 Å². The molecule has 0 radical (unpaired) electrons. The zero-order valence-corrected chi connectivity index (χ0v) is 11.9. The third-order valence-corrected chi connectivity index (χ3v) is 3.96. The highest BCUT2D eigenvalue weighted by molar-refractivity contribution is 5.76. The predicted molar refractivity (Wildman–Crippen MR) is 74.5 cm³/mol. The highest BCUT2D eigenvalue weighted by Crippen LogP contribution is 2.33. The van der Waals surface area contributed by atoms with Gasteiger partial charge in [-0.25, -0.2) is 0 Å². The van der Waals surface area contributed by atoms with E-state index in [0.29, 0.717) is 5.92 Å². The summed E-state index contributed by atoms with van der Waals surface area (Å²) in [6, 6.07) is 10.4. The van der Waals surface area contributed by atoms with E-state index in [0.717, 1.165) is 19.3 Å². The molecule has 0 aliphatic heterocycles. The summed E-state index contributed by atoms with van der Waals surface area (Å²) in [5, 5.41) is 0. The van der Waals surface area contributed by atoms with Gasteiger partial charge in [0.15, 0.2) is 0 Å². The van der Waals surface area contributed by atoms with E-state index < -0.39 is 0 Å². The summed E-state index contributed by atoms with van der Waals surface area (Å²) in [6.45, 7) is 6.25. The molecule has 0 N–H and O–H groups in total. The molecule has 0 spiro atoms. The zero-order valence-electron chi connectivity index (χ0n) is 11.9. The van der Waals surface area contributed by atoms with Gasteiger partial charge in [-0.05, 0) is 37.7 Å². The molecule has 18 heavy (non-hydrogen) atoms. The van der Waals surface area contributed by atoms with Gasteiger partial charge >= 0.3 is 5.97 Å². The van der Waals surface area contributed by atoms with Crippen molar-refractivity contribution in [2.24, 2.45) is 5.41 Å². The van der Waals surface area contributed by atoms with E-state index >= 15 is 0 Å². The van der Waals surface area contributed by atoms with Crippen molar-refractivity contribution in [2.75, 3.05) is 7.11 Å². The molecular formula is C16H24O2. The van der Waals surface area contributed by atoms with E-state index in [1.165, 1.54) is 12.7 Å². The van der Waals surface area contributed by atoms with Gasteiger partial charge in [0.1, 0.15) is 0 Å². The fraction of sp³-hybridized carbons (Fsp3) is 0.562. The second-order valence-corrected chi connectivity index (χ2v) is 5.26. The normalized spacial score (nSPS) is 15.8. The number of carbonyl (C=O) groups excluding carboxylic acids is 1. The number of carbonyl (C=O) groups is 1. The lowest BCUT2D eigenvalue weighted by molar-refractivity contribution is -0.152. The molecule has 100 valence electrons. The Kier molecular flexibility index (Phi) is 5.39. The number of benzene rings is 1. The molecule has 0 saturated heterocycles. The summed E-state index contributed by atoms with van der Waals surface area (Å²) in [5.74, 6) is 0.381.